The van der Waals surface area contributed by atoms with Gasteiger partial charge in [0.1, 0.15) is 18.2 Å². The van der Waals surface area contributed by atoms with Gasteiger partial charge in [0.15, 0.2) is 0 Å². The minimum absolute atomic E-state index is 0.110. The summed E-state index contributed by atoms with van der Waals surface area (Å²) >= 11 is 0. The van der Waals surface area contributed by atoms with Crippen molar-refractivity contribution in [3.63, 3.8) is 0 Å². The van der Waals surface area contributed by atoms with Gasteiger partial charge in [0, 0.05) is 34.0 Å². The van der Waals surface area contributed by atoms with Crippen LogP contribution < -0.4 is 4.74 Å². The molecule has 1 N–H and O–H groups in total. The zero-order valence-corrected chi connectivity index (χ0v) is 21.8. The lowest BCUT2D eigenvalue weighted by atomic mass is 9.84. The lowest BCUT2D eigenvalue weighted by Crippen LogP contribution is -2.13. The number of ether oxygens (including phenoxy) is 1. The molecule has 1 aromatic heterocycles. The second-order valence-corrected chi connectivity index (χ2v) is 9.68. The Hall–Kier alpha value is -2.98. The average Bonchev–Trinajstić information content (AvgIpc) is 2.82. The third-order valence-electron chi connectivity index (χ3n) is 6.03. The van der Waals surface area contributed by atoms with Gasteiger partial charge in [-0.25, -0.2) is 4.39 Å². The largest absolute Gasteiger partial charge is 0.488 e. The fourth-order valence-electron chi connectivity index (χ4n) is 4.34. The van der Waals surface area contributed by atoms with Crippen LogP contribution >= 0.6 is 0 Å². The summed E-state index contributed by atoms with van der Waals surface area (Å²) in [5, 5.41) is 11.0. The molecule has 2 aromatic carbocycles. The highest BCUT2D eigenvalue weighted by Gasteiger charge is 2.27. The summed E-state index contributed by atoms with van der Waals surface area (Å²) in [6.07, 6.45) is 5.49. The van der Waals surface area contributed by atoms with Gasteiger partial charge in [-0.1, -0.05) is 83.5 Å². The second-order valence-electron chi connectivity index (χ2n) is 9.68. The van der Waals surface area contributed by atoms with Gasteiger partial charge < -0.3 is 9.84 Å². The minimum atomic E-state index is -0.749. The van der Waals surface area contributed by atoms with E-state index in [1.165, 1.54) is 12.1 Å². The maximum atomic E-state index is 14.5. The molecule has 1 unspecified atom stereocenters. The number of rotatable bonds is 10. The average molecular weight is 476 g/mol. The smallest absolute Gasteiger partial charge is 0.130 e. The SMILES string of the molecule is CCC/C=C/c1c(C(C)C)nc(C(C)C)c(C(C)O)c1-c1ccc(F)cc1OCc1ccccc1. The summed E-state index contributed by atoms with van der Waals surface area (Å²) in [5.41, 5.74) is 6.21. The van der Waals surface area contributed by atoms with Crippen molar-refractivity contribution in [3.05, 3.63) is 88.5 Å². The first-order chi connectivity index (χ1) is 16.7. The Morgan fingerprint density at radius 3 is 2.26 bits per heavy atom. The maximum absolute atomic E-state index is 14.5. The second kappa shape index (κ2) is 12.1. The molecule has 0 bridgehead atoms. The quantitative estimate of drug-likeness (QED) is 0.319. The fourth-order valence-corrected chi connectivity index (χ4v) is 4.34. The van der Waals surface area contributed by atoms with Crippen LogP contribution in [0, 0.1) is 5.82 Å². The van der Waals surface area contributed by atoms with E-state index in [4.69, 9.17) is 9.72 Å². The Labute approximate surface area is 209 Å². The summed E-state index contributed by atoms with van der Waals surface area (Å²) in [4.78, 5) is 5.07. The zero-order chi connectivity index (χ0) is 25.5. The zero-order valence-electron chi connectivity index (χ0n) is 21.8. The predicted molar refractivity (Wildman–Crippen MR) is 143 cm³/mol. The number of unbranched alkanes of at least 4 members (excludes halogenated alkanes) is 1. The monoisotopic (exact) mass is 475 g/mol. The van der Waals surface area contributed by atoms with Gasteiger partial charge in [-0.3, -0.25) is 4.98 Å². The van der Waals surface area contributed by atoms with Crippen molar-refractivity contribution < 1.29 is 14.2 Å². The molecule has 1 atom stereocenters. The fraction of sp³-hybridized carbons (Fsp3) is 0.387. The first-order valence-electron chi connectivity index (χ1n) is 12.6. The van der Waals surface area contributed by atoms with Gasteiger partial charge in [-0.2, -0.15) is 0 Å². The third-order valence-corrected chi connectivity index (χ3v) is 6.03. The molecule has 4 heteroatoms. The highest BCUT2D eigenvalue weighted by molar-refractivity contribution is 5.84. The van der Waals surface area contributed by atoms with Crippen molar-refractivity contribution in [2.75, 3.05) is 0 Å². The van der Waals surface area contributed by atoms with E-state index in [-0.39, 0.29) is 17.7 Å². The molecule has 1 heterocycles. The van der Waals surface area contributed by atoms with Gasteiger partial charge in [-0.15, -0.1) is 0 Å². The van der Waals surface area contributed by atoms with Crippen LogP contribution in [0.3, 0.4) is 0 Å². The Morgan fingerprint density at radius 2 is 1.66 bits per heavy atom. The minimum Gasteiger partial charge on any atom is -0.488 e. The van der Waals surface area contributed by atoms with Crippen molar-refractivity contribution in [1.82, 2.24) is 4.98 Å². The summed E-state index contributed by atoms with van der Waals surface area (Å²) in [6, 6.07) is 14.5. The van der Waals surface area contributed by atoms with E-state index in [2.05, 4.69) is 46.8 Å². The lowest BCUT2D eigenvalue weighted by Gasteiger charge is -2.26. The molecular weight excluding hydrogens is 437 g/mol. The molecule has 3 aromatic rings. The van der Waals surface area contributed by atoms with Gasteiger partial charge in [0.2, 0.25) is 0 Å². The van der Waals surface area contributed by atoms with Gasteiger partial charge in [0.05, 0.1) is 11.8 Å². The lowest BCUT2D eigenvalue weighted by molar-refractivity contribution is 0.197. The van der Waals surface area contributed by atoms with E-state index < -0.39 is 6.10 Å². The van der Waals surface area contributed by atoms with Crippen molar-refractivity contribution in [2.45, 2.75) is 78.9 Å². The van der Waals surface area contributed by atoms with E-state index in [0.717, 1.165) is 52.0 Å². The molecule has 0 fully saturated rings. The number of pyridine rings is 1. The van der Waals surface area contributed by atoms with E-state index >= 15 is 0 Å². The molecule has 186 valence electrons. The molecule has 0 saturated heterocycles. The van der Waals surface area contributed by atoms with E-state index in [1.807, 2.05) is 30.3 Å². The molecule has 0 saturated carbocycles. The normalized spacial score (nSPS) is 12.6. The number of halogens is 1. The topological polar surface area (TPSA) is 42.4 Å². The van der Waals surface area contributed by atoms with Crippen LogP contribution in [0.2, 0.25) is 0 Å². The number of hydrogen-bond donors (Lipinski definition) is 1. The van der Waals surface area contributed by atoms with Crippen molar-refractivity contribution >= 4 is 6.08 Å². The summed E-state index contributed by atoms with van der Waals surface area (Å²) in [5.74, 6) is 0.376. The number of nitrogens with zero attached hydrogens (tertiary/aromatic N) is 1. The Morgan fingerprint density at radius 1 is 0.971 bits per heavy atom. The molecule has 3 nitrogen and oxygen atoms in total. The molecule has 0 spiro atoms. The van der Waals surface area contributed by atoms with E-state index in [0.29, 0.717) is 12.4 Å². The number of allylic oxidation sites excluding steroid dienone is 1. The van der Waals surface area contributed by atoms with Crippen LogP contribution in [0.15, 0.2) is 54.6 Å². The maximum Gasteiger partial charge on any atom is 0.130 e. The van der Waals surface area contributed by atoms with Crippen molar-refractivity contribution in [3.8, 4) is 16.9 Å². The Balaban J connectivity index is 2.33. The summed E-state index contributed by atoms with van der Waals surface area (Å²) in [6.45, 7) is 12.7. The number of aromatic nitrogens is 1. The number of aliphatic hydroxyl groups is 1. The Bertz CT molecular complexity index is 1150. The van der Waals surface area contributed by atoms with Crippen molar-refractivity contribution in [2.24, 2.45) is 0 Å². The summed E-state index contributed by atoms with van der Waals surface area (Å²) < 4.78 is 20.7. The number of benzene rings is 2. The van der Waals surface area contributed by atoms with E-state index in [9.17, 15) is 9.50 Å². The molecule has 0 aliphatic heterocycles. The first kappa shape index (κ1) is 26.6. The molecule has 0 amide bonds. The van der Waals surface area contributed by atoms with Gasteiger partial charge in [0.25, 0.3) is 0 Å². The van der Waals surface area contributed by atoms with Crippen LogP contribution in [0.25, 0.3) is 17.2 Å². The molecule has 35 heavy (non-hydrogen) atoms. The molecule has 3 rings (SSSR count). The van der Waals surface area contributed by atoms with Crippen LogP contribution in [-0.2, 0) is 6.61 Å². The highest BCUT2D eigenvalue weighted by Crippen LogP contribution is 2.43. The predicted octanol–water partition coefficient (Wildman–Crippen LogP) is 8.58. The highest BCUT2D eigenvalue weighted by atomic mass is 19.1. The molecule has 0 aliphatic carbocycles. The molecule has 0 aliphatic rings. The third kappa shape index (κ3) is 6.37. The van der Waals surface area contributed by atoms with Crippen LogP contribution in [-0.4, -0.2) is 10.1 Å². The number of hydrogen-bond acceptors (Lipinski definition) is 3. The summed E-state index contributed by atoms with van der Waals surface area (Å²) in [7, 11) is 0. The van der Waals surface area contributed by atoms with Crippen molar-refractivity contribution in [1.29, 1.82) is 0 Å². The number of aliphatic hydroxyl groups excluding tert-OH is 1. The van der Waals surface area contributed by atoms with Gasteiger partial charge in [-0.05, 0) is 42.9 Å². The van der Waals surface area contributed by atoms with Gasteiger partial charge >= 0.3 is 0 Å². The van der Waals surface area contributed by atoms with Crippen LogP contribution in [0.4, 0.5) is 4.39 Å². The standard InChI is InChI=1S/C31H38FNO2/c1-7-8-10-15-26-29(28(22(6)34)31(21(4)5)33-30(26)20(2)3)25-17-16-24(32)18-27(25)35-19-23-13-11-9-12-14-23/h9-18,20-22,34H,7-8,19H2,1-6H3/b15-10+. The molecular formula is C31H38FNO2. The first-order valence-corrected chi connectivity index (χ1v) is 12.6. The Kier molecular flexibility index (Phi) is 9.22. The molecule has 0 radical (unpaired) electrons. The van der Waals surface area contributed by atoms with E-state index in [1.54, 1.807) is 13.0 Å². The van der Waals surface area contributed by atoms with Crippen LogP contribution in [0.1, 0.15) is 100 Å². The van der Waals surface area contributed by atoms with Crippen LogP contribution in [0.5, 0.6) is 5.75 Å².